The van der Waals surface area contributed by atoms with E-state index < -0.39 is 0 Å². The third kappa shape index (κ3) is 3.46. The van der Waals surface area contributed by atoms with E-state index in [1.807, 2.05) is 29.4 Å². The minimum absolute atomic E-state index is 0.127. The van der Waals surface area contributed by atoms with E-state index in [-0.39, 0.29) is 11.8 Å². The molecule has 0 saturated carbocycles. The zero-order valence-corrected chi connectivity index (χ0v) is 14.4. The number of pyridine rings is 1. The highest BCUT2D eigenvalue weighted by Crippen LogP contribution is 2.18. The molecule has 0 unspecified atom stereocenters. The standard InChI is InChI=1S/C19H21N5O2/c25-18(7-13-1-4-20-9-13)24-6-3-14(12-24)10-22-19(26)17-8-15-11-21-5-2-16(15)23-17/h1-2,4-5,8-9,11,14,20,23H,3,6-7,10,12H2,(H,22,26)/t14-/m1/s1. The summed E-state index contributed by atoms with van der Waals surface area (Å²) in [4.78, 5) is 36.7. The number of nitrogens with zero attached hydrogens (tertiary/aromatic N) is 2. The quantitative estimate of drug-likeness (QED) is 0.653. The summed E-state index contributed by atoms with van der Waals surface area (Å²) in [6.45, 7) is 2.02. The molecule has 4 heterocycles. The molecular weight excluding hydrogens is 330 g/mol. The van der Waals surface area contributed by atoms with Crippen molar-refractivity contribution in [1.29, 1.82) is 0 Å². The van der Waals surface area contributed by atoms with Crippen molar-refractivity contribution in [1.82, 2.24) is 25.2 Å². The van der Waals surface area contributed by atoms with Crippen LogP contribution >= 0.6 is 0 Å². The Bertz CT molecular complexity index is 882. The first kappa shape index (κ1) is 16.4. The van der Waals surface area contributed by atoms with Crippen LogP contribution in [0.3, 0.4) is 0 Å². The van der Waals surface area contributed by atoms with Crippen molar-refractivity contribution in [3.63, 3.8) is 0 Å². The van der Waals surface area contributed by atoms with Crippen molar-refractivity contribution < 1.29 is 9.59 Å². The Morgan fingerprint density at radius 2 is 2.27 bits per heavy atom. The van der Waals surface area contributed by atoms with Gasteiger partial charge in [-0.1, -0.05) is 0 Å². The molecule has 0 spiro atoms. The second-order valence-electron chi connectivity index (χ2n) is 6.75. The van der Waals surface area contributed by atoms with Crippen molar-refractivity contribution >= 4 is 22.7 Å². The van der Waals surface area contributed by atoms with E-state index in [1.165, 1.54) is 0 Å². The smallest absolute Gasteiger partial charge is 0.267 e. The summed E-state index contributed by atoms with van der Waals surface area (Å²) < 4.78 is 0. The van der Waals surface area contributed by atoms with Gasteiger partial charge in [0.1, 0.15) is 5.69 Å². The molecule has 1 atom stereocenters. The summed E-state index contributed by atoms with van der Waals surface area (Å²) in [5.74, 6) is 0.306. The SMILES string of the molecule is O=C(NC[C@H]1CCN(C(=O)Cc2cc[nH]c2)C1)c1cc2cnccc2[nH]1. The van der Waals surface area contributed by atoms with Crippen LogP contribution in [0, 0.1) is 5.92 Å². The number of hydrogen-bond donors (Lipinski definition) is 3. The van der Waals surface area contributed by atoms with Gasteiger partial charge >= 0.3 is 0 Å². The number of H-pyrrole nitrogens is 2. The van der Waals surface area contributed by atoms with Gasteiger partial charge in [0, 0.05) is 55.3 Å². The molecule has 1 aliphatic rings. The average Bonchev–Trinajstić information content (AvgIpc) is 3.39. The molecular formula is C19H21N5O2. The van der Waals surface area contributed by atoms with Crippen LogP contribution in [0.2, 0.25) is 0 Å². The second kappa shape index (κ2) is 7.03. The fourth-order valence-electron chi connectivity index (χ4n) is 3.41. The molecule has 4 rings (SSSR count). The number of nitrogens with one attached hydrogen (secondary N) is 3. The Labute approximate surface area is 150 Å². The molecule has 3 aromatic rings. The molecule has 1 fully saturated rings. The van der Waals surface area contributed by atoms with Gasteiger partial charge in [-0.05, 0) is 36.1 Å². The van der Waals surface area contributed by atoms with Crippen LogP contribution in [-0.2, 0) is 11.2 Å². The molecule has 134 valence electrons. The Morgan fingerprint density at radius 3 is 3.08 bits per heavy atom. The van der Waals surface area contributed by atoms with Crippen LogP contribution in [0.1, 0.15) is 22.5 Å². The number of likely N-dealkylation sites (tertiary alicyclic amines) is 1. The third-order valence-corrected chi connectivity index (χ3v) is 4.87. The number of aromatic amines is 2. The van der Waals surface area contributed by atoms with Gasteiger partial charge in [0.15, 0.2) is 0 Å². The number of fused-ring (bicyclic) bond motifs is 1. The van der Waals surface area contributed by atoms with Gasteiger partial charge in [-0.3, -0.25) is 14.6 Å². The van der Waals surface area contributed by atoms with Crippen LogP contribution in [0.15, 0.2) is 43.0 Å². The lowest BCUT2D eigenvalue weighted by molar-refractivity contribution is -0.129. The lowest BCUT2D eigenvalue weighted by atomic mass is 10.1. The van der Waals surface area contributed by atoms with Crippen LogP contribution in [0.25, 0.3) is 10.9 Å². The van der Waals surface area contributed by atoms with Crippen LogP contribution in [-0.4, -0.2) is 51.3 Å². The minimum atomic E-state index is -0.127. The van der Waals surface area contributed by atoms with Crippen molar-refractivity contribution in [3.05, 3.63) is 54.2 Å². The summed E-state index contributed by atoms with van der Waals surface area (Å²) in [6, 6.07) is 5.57. The molecule has 0 aromatic carbocycles. The van der Waals surface area contributed by atoms with Crippen LogP contribution in [0.4, 0.5) is 0 Å². The van der Waals surface area contributed by atoms with Crippen LogP contribution in [0.5, 0.6) is 0 Å². The molecule has 3 aromatic heterocycles. The summed E-state index contributed by atoms with van der Waals surface area (Å²) in [5.41, 5.74) is 2.43. The maximum Gasteiger partial charge on any atom is 0.267 e. The monoisotopic (exact) mass is 351 g/mol. The highest BCUT2D eigenvalue weighted by atomic mass is 16.2. The maximum absolute atomic E-state index is 12.4. The fourth-order valence-corrected chi connectivity index (χ4v) is 3.41. The Kier molecular flexibility index (Phi) is 4.43. The van der Waals surface area contributed by atoms with Crippen LogP contribution < -0.4 is 5.32 Å². The number of rotatable bonds is 5. The Hall–Kier alpha value is -3.09. The van der Waals surface area contributed by atoms with Gasteiger partial charge in [0.2, 0.25) is 5.91 Å². The van der Waals surface area contributed by atoms with Gasteiger partial charge in [0.05, 0.1) is 6.42 Å². The normalized spacial score (nSPS) is 16.9. The molecule has 7 nitrogen and oxygen atoms in total. The summed E-state index contributed by atoms with van der Waals surface area (Å²) >= 11 is 0. The predicted molar refractivity (Wildman–Crippen MR) is 97.6 cm³/mol. The molecule has 1 saturated heterocycles. The Morgan fingerprint density at radius 1 is 1.35 bits per heavy atom. The molecule has 2 amide bonds. The molecule has 0 bridgehead atoms. The first-order valence-electron chi connectivity index (χ1n) is 8.79. The minimum Gasteiger partial charge on any atom is -0.367 e. The van der Waals surface area contributed by atoms with Gasteiger partial charge in [0.25, 0.3) is 5.91 Å². The zero-order valence-electron chi connectivity index (χ0n) is 14.4. The summed E-state index contributed by atoms with van der Waals surface area (Å²) in [6.07, 6.45) is 8.43. The average molecular weight is 351 g/mol. The van der Waals surface area contributed by atoms with E-state index in [1.54, 1.807) is 18.5 Å². The number of hydrogen-bond acceptors (Lipinski definition) is 3. The zero-order chi connectivity index (χ0) is 17.9. The van der Waals surface area contributed by atoms with Gasteiger partial charge in [-0.25, -0.2) is 0 Å². The van der Waals surface area contributed by atoms with Crippen molar-refractivity contribution in [2.45, 2.75) is 12.8 Å². The first-order valence-corrected chi connectivity index (χ1v) is 8.79. The lowest BCUT2D eigenvalue weighted by Gasteiger charge is -2.16. The predicted octanol–water partition coefficient (Wildman–Crippen LogP) is 1.71. The van der Waals surface area contributed by atoms with Crippen molar-refractivity contribution in [3.8, 4) is 0 Å². The van der Waals surface area contributed by atoms with E-state index in [9.17, 15) is 9.59 Å². The molecule has 0 radical (unpaired) electrons. The highest BCUT2D eigenvalue weighted by molar-refractivity contribution is 5.97. The summed E-state index contributed by atoms with van der Waals surface area (Å²) in [5, 5.41) is 3.89. The number of carbonyl (C=O) groups excluding carboxylic acids is 2. The van der Waals surface area contributed by atoms with E-state index >= 15 is 0 Å². The largest absolute Gasteiger partial charge is 0.367 e. The molecule has 26 heavy (non-hydrogen) atoms. The third-order valence-electron chi connectivity index (χ3n) is 4.87. The number of amides is 2. The lowest BCUT2D eigenvalue weighted by Crippen LogP contribution is -2.33. The topological polar surface area (TPSA) is 93.9 Å². The fraction of sp³-hybridized carbons (Fsp3) is 0.316. The first-order chi connectivity index (χ1) is 12.7. The van der Waals surface area contributed by atoms with Crippen molar-refractivity contribution in [2.75, 3.05) is 19.6 Å². The molecule has 7 heteroatoms. The summed E-state index contributed by atoms with van der Waals surface area (Å²) in [7, 11) is 0. The highest BCUT2D eigenvalue weighted by Gasteiger charge is 2.26. The molecule has 0 aliphatic carbocycles. The second-order valence-corrected chi connectivity index (χ2v) is 6.75. The van der Waals surface area contributed by atoms with Gasteiger partial charge in [-0.15, -0.1) is 0 Å². The van der Waals surface area contributed by atoms with E-state index in [2.05, 4.69) is 20.3 Å². The molecule has 3 N–H and O–H groups in total. The molecule has 1 aliphatic heterocycles. The van der Waals surface area contributed by atoms with E-state index in [0.717, 1.165) is 29.4 Å². The Balaban J connectivity index is 1.28. The van der Waals surface area contributed by atoms with E-state index in [4.69, 9.17) is 0 Å². The van der Waals surface area contributed by atoms with Gasteiger partial charge < -0.3 is 20.2 Å². The number of aromatic nitrogens is 3. The maximum atomic E-state index is 12.4. The van der Waals surface area contributed by atoms with Crippen molar-refractivity contribution in [2.24, 2.45) is 5.92 Å². The number of carbonyl (C=O) groups is 2. The van der Waals surface area contributed by atoms with Gasteiger partial charge in [-0.2, -0.15) is 0 Å². The van der Waals surface area contributed by atoms with E-state index in [0.29, 0.717) is 31.1 Å².